The van der Waals surface area contributed by atoms with E-state index in [0.29, 0.717) is 62.2 Å². The van der Waals surface area contributed by atoms with E-state index in [2.05, 4.69) is 20.3 Å². The maximum absolute atomic E-state index is 13.2. The SMILES string of the molecule is O=C(c1ccc2[nH]nnc2c1)N1C[C@H]2CN(C(=O)N3CCN(c4ccc(Cl)cc4)CC3)C[C@@H]2C1. The molecule has 3 fully saturated rings. The molecular weight excluding hydrogens is 454 g/mol. The molecule has 0 radical (unpaired) electrons. The van der Waals surface area contributed by atoms with E-state index in [1.165, 1.54) is 0 Å². The first-order chi connectivity index (χ1) is 16.5. The van der Waals surface area contributed by atoms with Gasteiger partial charge in [0.05, 0.1) is 5.52 Å². The Morgan fingerprint density at radius 3 is 2.24 bits per heavy atom. The highest BCUT2D eigenvalue weighted by Gasteiger charge is 2.44. The zero-order valence-corrected chi connectivity index (χ0v) is 19.5. The number of piperazine rings is 1. The van der Waals surface area contributed by atoms with E-state index in [4.69, 9.17) is 11.6 Å². The number of carbonyl (C=O) groups excluding carboxylic acids is 2. The number of hydrogen-bond donors (Lipinski definition) is 1. The largest absolute Gasteiger partial charge is 0.368 e. The molecule has 4 heterocycles. The second-order valence-corrected chi connectivity index (χ2v) is 9.85. The molecule has 0 bridgehead atoms. The summed E-state index contributed by atoms with van der Waals surface area (Å²) in [6.07, 6.45) is 0. The quantitative estimate of drug-likeness (QED) is 0.610. The van der Waals surface area contributed by atoms with Gasteiger partial charge in [-0.1, -0.05) is 16.8 Å². The first kappa shape index (κ1) is 21.2. The lowest BCUT2D eigenvalue weighted by atomic mass is 10.0. The Morgan fingerprint density at radius 1 is 0.853 bits per heavy atom. The third-order valence-electron chi connectivity index (χ3n) is 7.36. The lowest BCUT2D eigenvalue weighted by molar-refractivity contribution is 0.0775. The average molecular weight is 480 g/mol. The summed E-state index contributed by atoms with van der Waals surface area (Å²) in [7, 11) is 0. The number of fused-ring (bicyclic) bond motifs is 2. The van der Waals surface area contributed by atoms with Crippen LogP contribution in [0, 0.1) is 11.8 Å². The number of nitrogens with one attached hydrogen (secondary N) is 1. The van der Waals surface area contributed by atoms with Gasteiger partial charge < -0.3 is 19.6 Å². The number of H-pyrrole nitrogens is 1. The number of hydrogen-bond acceptors (Lipinski definition) is 5. The van der Waals surface area contributed by atoms with Crippen molar-refractivity contribution in [3.05, 3.63) is 53.1 Å². The summed E-state index contributed by atoms with van der Waals surface area (Å²) in [5, 5.41) is 11.3. The van der Waals surface area contributed by atoms with Crippen LogP contribution in [-0.4, -0.2) is 94.4 Å². The maximum atomic E-state index is 13.2. The highest BCUT2D eigenvalue weighted by Crippen LogP contribution is 2.33. The number of aromatic nitrogens is 3. The van der Waals surface area contributed by atoms with E-state index in [0.717, 1.165) is 29.3 Å². The molecule has 34 heavy (non-hydrogen) atoms. The third kappa shape index (κ3) is 3.83. The molecule has 3 amide bonds. The number of aromatic amines is 1. The highest BCUT2D eigenvalue weighted by atomic mass is 35.5. The lowest BCUT2D eigenvalue weighted by Gasteiger charge is -2.38. The summed E-state index contributed by atoms with van der Waals surface area (Å²) >= 11 is 6.00. The van der Waals surface area contributed by atoms with E-state index in [-0.39, 0.29) is 11.9 Å². The monoisotopic (exact) mass is 479 g/mol. The fourth-order valence-electron chi connectivity index (χ4n) is 5.48. The Labute approximate surface area is 202 Å². The molecule has 9 nitrogen and oxygen atoms in total. The van der Waals surface area contributed by atoms with Gasteiger partial charge in [0.2, 0.25) is 0 Å². The van der Waals surface area contributed by atoms with Crippen LogP contribution < -0.4 is 4.90 Å². The van der Waals surface area contributed by atoms with Crippen LogP contribution >= 0.6 is 11.6 Å². The van der Waals surface area contributed by atoms with Gasteiger partial charge in [0.15, 0.2) is 0 Å². The van der Waals surface area contributed by atoms with Gasteiger partial charge in [-0.2, -0.15) is 0 Å². The number of likely N-dealkylation sites (tertiary alicyclic amines) is 2. The first-order valence-electron chi connectivity index (χ1n) is 11.7. The predicted octanol–water partition coefficient (Wildman–Crippen LogP) is 2.56. The summed E-state index contributed by atoms with van der Waals surface area (Å²) in [6, 6.07) is 13.4. The molecule has 1 N–H and O–H groups in total. The van der Waals surface area contributed by atoms with Crippen molar-refractivity contribution >= 4 is 40.3 Å². The first-order valence-corrected chi connectivity index (χ1v) is 12.1. The number of urea groups is 1. The van der Waals surface area contributed by atoms with Crippen molar-refractivity contribution in [3.8, 4) is 0 Å². The summed E-state index contributed by atoms with van der Waals surface area (Å²) in [4.78, 5) is 34.4. The number of amides is 3. The van der Waals surface area contributed by atoms with E-state index in [1.54, 1.807) is 6.07 Å². The zero-order valence-electron chi connectivity index (χ0n) is 18.7. The van der Waals surface area contributed by atoms with Crippen molar-refractivity contribution in [1.82, 2.24) is 30.1 Å². The van der Waals surface area contributed by atoms with Crippen molar-refractivity contribution < 1.29 is 9.59 Å². The molecule has 0 aliphatic carbocycles. The van der Waals surface area contributed by atoms with Crippen molar-refractivity contribution in [2.75, 3.05) is 57.3 Å². The van der Waals surface area contributed by atoms with Crippen LogP contribution in [0.2, 0.25) is 5.02 Å². The molecule has 2 atom stereocenters. The van der Waals surface area contributed by atoms with E-state index in [1.807, 2.05) is 51.1 Å². The summed E-state index contributed by atoms with van der Waals surface area (Å²) in [5.74, 6) is 0.688. The van der Waals surface area contributed by atoms with Crippen LogP contribution in [0.3, 0.4) is 0 Å². The summed E-state index contributed by atoms with van der Waals surface area (Å²) in [5.41, 5.74) is 3.28. The van der Waals surface area contributed by atoms with Gasteiger partial charge >= 0.3 is 6.03 Å². The second kappa shape index (κ2) is 8.47. The Kier molecular flexibility index (Phi) is 5.28. The molecule has 0 unspecified atom stereocenters. The van der Waals surface area contributed by atoms with Crippen molar-refractivity contribution in [2.45, 2.75) is 0 Å². The van der Waals surface area contributed by atoms with Crippen LogP contribution in [-0.2, 0) is 0 Å². The standard InChI is InChI=1S/C24H26ClN7O2/c25-19-2-4-20(5-3-19)29-7-9-30(10-8-29)24(34)32-14-17-12-31(13-18(17)15-32)23(33)16-1-6-21-22(11-16)27-28-26-21/h1-6,11,17-18H,7-10,12-15H2,(H,26,27,28)/t17-,18-/m0/s1. The second-order valence-electron chi connectivity index (χ2n) is 9.41. The zero-order chi connectivity index (χ0) is 23.2. The van der Waals surface area contributed by atoms with Crippen molar-refractivity contribution in [3.63, 3.8) is 0 Å². The fraction of sp³-hybridized carbons (Fsp3) is 0.417. The third-order valence-corrected chi connectivity index (χ3v) is 7.61. The number of nitrogens with zero attached hydrogens (tertiary/aromatic N) is 6. The molecular formula is C24H26ClN7O2. The van der Waals surface area contributed by atoms with E-state index < -0.39 is 0 Å². The summed E-state index contributed by atoms with van der Waals surface area (Å²) < 4.78 is 0. The lowest BCUT2D eigenvalue weighted by Crippen LogP contribution is -2.53. The molecule has 10 heteroatoms. The van der Waals surface area contributed by atoms with E-state index in [9.17, 15) is 9.59 Å². The van der Waals surface area contributed by atoms with Gasteiger partial charge in [0, 0.05) is 80.5 Å². The van der Waals surface area contributed by atoms with Crippen LogP contribution in [0.5, 0.6) is 0 Å². The number of benzene rings is 2. The Hall–Kier alpha value is -3.33. The molecule has 3 saturated heterocycles. The van der Waals surface area contributed by atoms with Crippen molar-refractivity contribution in [2.24, 2.45) is 11.8 Å². The maximum Gasteiger partial charge on any atom is 0.320 e. The van der Waals surface area contributed by atoms with Gasteiger partial charge in [-0.25, -0.2) is 4.79 Å². The highest BCUT2D eigenvalue weighted by molar-refractivity contribution is 6.30. The minimum absolute atomic E-state index is 0.0236. The minimum Gasteiger partial charge on any atom is -0.368 e. The van der Waals surface area contributed by atoms with Gasteiger partial charge in [-0.05, 0) is 42.5 Å². The fourth-order valence-corrected chi connectivity index (χ4v) is 5.61. The topological polar surface area (TPSA) is 88.7 Å². The number of halogens is 1. The van der Waals surface area contributed by atoms with Crippen LogP contribution in [0.4, 0.5) is 10.5 Å². The number of carbonyl (C=O) groups is 2. The minimum atomic E-state index is 0.0236. The molecule has 2 aromatic carbocycles. The Morgan fingerprint density at radius 2 is 1.53 bits per heavy atom. The molecule has 6 rings (SSSR count). The summed E-state index contributed by atoms with van der Waals surface area (Å²) in [6.45, 7) is 5.85. The molecule has 3 aliphatic heterocycles. The van der Waals surface area contributed by atoms with Crippen LogP contribution in [0.15, 0.2) is 42.5 Å². The molecule has 3 aliphatic rings. The normalized spacial score (nSPS) is 22.5. The number of rotatable bonds is 2. The van der Waals surface area contributed by atoms with Crippen LogP contribution in [0.1, 0.15) is 10.4 Å². The molecule has 0 spiro atoms. The van der Waals surface area contributed by atoms with Gasteiger partial charge in [-0.15, -0.1) is 5.10 Å². The predicted molar refractivity (Wildman–Crippen MR) is 129 cm³/mol. The molecule has 1 aromatic heterocycles. The number of anilines is 1. The Bertz CT molecular complexity index is 1210. The van der Waals surface area contributed by atoms with Gasteiger partial charge in [0.1, 0.15) is 5.52 Å². The Balaban J connectivity index is 1.03. The molecule has 3 aromatic rings. The van der Waals surface area contributed by atoms with Crippen molar-refractivity contribution in [1.29, 1.82) is 0 Å². The van der Waals surface area contributed by atoms with Crippen LogP contribution in [0.25, 0.3) is 11.0 Å². The smallest absolute Gasteiger partial charge is 0.320 e. The van der Waals surface area contributed by atoms with Gasteiger partial charge in [0.25, 0.3) is 5.91 Å². The van der Waals surface area contributed by atoms with Gasteiger partial charge in [-0.3, -0.25) is 9.89 Å². The molecule has 176 valence electrons. The van der Waals surface area contributed by atoms with E-state index >= 15 is 0 Å². The average Bonchev–Trinajstić information content (AvgIpc) is 3.58. The molecule has 0 saturated carbocycles.